The Morgan fingerprint density at radius 2 is 1.93 bits per heavy atom. The molecule has 1 aliphatic carbocycles. The Morgan fingerprint density at radius 3 is 2.72 bits per heavy atom. The first kappa shape index (κ1) is 19.6. The maximum atomic E-state index is 13.2. The van der Waals surface area contributed by atoms with Gasteiger partial charge in [0, 0.05) is 17.1 Å². The molecule has 0 unspecified atom stereocenters. The minimum absolute atomic E-state index is 0.0333. The van der Waals surface area contributed by atoms with Crippen LogP contribution in [-0.2, 0) is 19.4 Å². The quantitative estimate of drug-likeness (QED) is 0.674. The van der Waals surface area contributed by atoms with Crippen LogP contribution in [0.25, 0.3) is 10.9 Å². The second kappa shape index (κ2) is 8.37. The summed E-state index contributed by atoms with van der Waals surface area (Å²) >= 11 is 6.05. The van der Waals surface area contributed by atoms with E-state index < -0.39 is 0 Å². The zero-order chi connectivity index (χ0) is 20.4. The van der Waals surface area contributed by atoms with Gasteiger partial charge in [-0.2, -0.15) is 0 Å². The Morgan fingerprint density at radius 1 is 1.14 bits per heavy atom. The number of carbonyl (C=O) groups excluding carboxylic acids is 1. The number of amides is 1. The van der Waals surface area contributed by atoms with Gasteiger partial charge < -0.3 is 9.88 Å². The van der Waals surface area contributed by atoms with Gasteiger partial charge in [-0.15, -0.1) is 0 Å². The van der Waals surface area contributed by atoms with Gasteiger partial charge in [0.15, 0.2) is 0 Å². The van der Waals surface area contributed by atoms with Gasteiger partial charge in [-0.05, 0) is 73.6 Å². The zero-order valence-corrected chi connectivity index (χ0v) is 17.3. The number of benzene rings is 2. The van der Waals surface area contributed by atoms with Crippen LogP contribution in [0.2, 0.25) is 5.02 Å². The van der Waals surface area contributed by atoms with Crippen molar-refractivity contribution < 1.29 is 4.79 Å². The standard InChI is InChI=1S/C23H24ClN3O2/c1-2-11-27(23(29)17-8-7-15-5-3-4-6-16(15)12-17)14-21-25-20-13-18(24)9-10-19(20)22(28)26-21/h7-10,12-13H,2-6,11,14H2,1H3,(H,25,26,28). The Bertz CT molecular complexity index is 1120. The lowest BCUT2D eigenvalue weighted by atomic mass is 9.90. The molecule has 0 atom stereocenters. The number of aromatic amines is 1. The third kappa shape index (κ3) is 4.20. The molecule has 150 valence electrons. The summed E-state index contributed by atoms with van der Waals surface area (Å²) in [6.07, 6.45) is 5.33. The van der Waals surface area contributed by atoms with Crippen LogP contribution in [0.1, 0.15) is 53.5 Å². The Labute approximate surface area is 174 Å². The molecule has 0 saturated heterocycles. The molecular weight excluding hydrogens is 386 g/mol. The van der Waals surface area contributed by atoms with E-state index in [0.29, 0.717) is 33.9 Å². The second-order valence-corrected chi connectivity index (χ2v) is 8.03. The first-order valence-corrected chi connectivity index (χ1v) is 10.5. The lowest BCUT2D eigenvalue weighted by Gasteiger charge is -2.23. The normalized spacial score (nSPS) is 13.3. The average Bonchev–Trinajstić information content (AvgIpc) is 2.72. The number of halogens is 1. The Kier molecular flexibility index (Phi) is 5.67. The highest BCUT2D eigenvalue weighted by molar-refractivity contribution is 6.31. The van der Waals surface area contributed by atoms with Crippen molar-refractivity contribution in [3.63, 3.8) is 0 Å². The fraction of sp³-hybridized carbons (Fsp3) is 0.348. The highest BCUT2D eigenvalue weighted by Crippen LogP contribution is 2.23. The summed E-state index contributed by atoms with van der Waals surface area (Å²) in [6.45, 7) is 2.87. The molecule has 1 aromatic heterocycles. The van der Waals surface area contributed by atoms with Crippen molar-refractivity contribution in [3.8, 4) is 0 Å². The van der Waals surface area contributed by atoms with E-state index in [1.807, 2.05) is 19.1 Å². The fourth-order valence-corrected chi connectivity index (χ4v) is 4.15. The van der Waals surface area contributed by atoms with Gasteiger partial charge in [0.2, 0.25) is 0 Å². The van der Waals surface area contributed by atoms with Crippen molar-refractivity contribution >= 4 is 28.4 Å². The van der Waals surface area contributed by atoms with Gasteiger partial charge in [0.25, 0.3) is 11.5 Å². The predicted octanol–water partition coefficient (Wildman–Crippen LogP) is 4.51. The molecule has 1 heterocycles. The minimum atomic E-state index is -0.223. The van der Waals surface area contributed by atoms with Crippen molar-refractivity contribution in [2.75, 3.05) is 6.54 Å². The molecule has 1 amide bonds. The van der Waals surface area contributed by atoms with Gasteiger partial charge in [-0.3, -0.25) is 9.59 Å². The van der Waals surface area contributed by atoms with E-state index in [-0.39, 0.29) is 18.0 Å². The number of H-pyrrole nitrogens is 1. The third-order valence-corrected chi connectivity index (χ3v) is 5.67. The minimum Gasteiger partial charge on any atom is -0.331 e. The van der Waals surface area contributed by atoms with Crippen LogP contribution in [0.3, 0.4) is 0 Å². The van der Waals surface area contributed by atoms with E-state index >= 15 is 0 Å². The molecule has 0 fully saturated rings. The molecule has 29 heavy (non-hydrogen) atoms. The lowest BCUT2D eigenvalue weighted by molar-refractivity contribution is 0.0738. The third-order valence-electron chi connectivity index (χ3n) is 5.43. The maximum Gasteiger partial charge on any atom is 0.258 e. The van der Waals surface area contributed by atoms with Crippen molar-refractivity contribution in [1.82, 2.24) is 14.9 Å². The fourth-order valence-electron chi connectivity index (χ4n) is 3.99. The molecule has 6 heteroatoms. The van der Waals surface area contributed by atoms with Crippen molar-refractivity contribution in [1.29, 1.82) is 0 Å². The summed E-state index contributed by atoms with van der Waals surface area (Å²) in [6, 6.07) is 11.1. The largest absolute Gasteiger partial charge is 0.331 e. The Balaban J connectivity index is 1.63. The highest BCUT2D eigenvalue weighted by atomic mass is 35.5. The summed E-state index contributed by atoms with van der Waals surface area (Å²) in [5, 5.41) is 1.01. The molecule has 4 rings (SSSR count). The molecule has 0 aliphatic heterocycles. The summed E-state index contributed by atoms with van der Waals surface area (Å²) < 4.78 is 0. The van der Waals surface area contributed by atoms with Gasteiger partial charge in [-0.1, -0.05) is 24.6 Å². The number of hydrogen-bond donors (Lipinski definition) is 1. The average molecular weight is 410 g/mol. The molecule has 2 aromatic carbocycles. The number of nitrogens with one attached hydrogen (secondary N) is 1. The molecule has 0 spiro atoms. The molecular formula is C23H24ClN3O2. The topological polar surface area (TPSA) is 66.1 Å². The number of aromatic nitrogens is 2. The van der Waals surface area contributed by atoms with Crippen LogP contribution in [0, 0.1) is 0 Å². The number of fused-ring (bicyclic) bond motifs is 2. The SMILES string of the molecule is CCCN(Cc1nc2cc(Cl)ccc2c(=O)[nH]1)C(=O)c1ccc2c(c1)CCCC2. The van der Waals surface area contributed by atoms with Crippen LogP contribution in [0.4, 0.5) is 0 Å². The van der Waals surface area contributed by atoms with Crippen LogP contribution >= 0.6 is 11.6 Å². The molecule has 0 radical (unpaired) electrons. The van der Waals surface area contributed by atoms with E-state index in [9.17, 15) is 9.59 Å². The van der Waals surface area contributed by atoms with E-state index in [2.05, 4.69) is 16.0 Å². The molecule has 0 bridgehead atoms. The first-order chi connectivity index (χ1) is 14.0. The summed E-state index contributed by atoms with van der Waals surface area (Å²) in [4.78, 5) is 34.7. The van der Waals surface area contributed by atoms with E-state index in [0.717, 1.165) is 19.3 Å². The molecule has 0 saturated carbocycles. The summed E-state index contributed by atoms with van der Waals surface area (Å²) in [7, 11) is 0. The monoisotopic (exact) mass is 409 g/mol. The van der Waals surface area contributed by atoms with Crippen LogP contribution in [-0.4, -0.2) is 27.3 Å². The van der Waals surface area contributed by atoms with Gasteiger partial charge in [0.1, 0.15) is 5.82 Å². The number of rotatable bonds is 5. The molecule has 1 aliphatic rings. The van der Waals surface area contributed by atoms with Crippen LogP contribution in [0.15, 0.2) is 41.2 Å². The van der Waals surface area contributed by atoms with Crippen molar-refractivity contribution in [3.05, 3.63) is 74.3 Å². The summed E-state index contributed by atoms with van der Waals surface area (Å²) in [5.74, 6) is 0.429. The number of carbonyl (C=O) groups is 1. The highest BCUT2D eigenvalue weighted by Gasteiger charge is 2.19. The molecule has 3 aromatic rings. The van der Waals surface area contributed by atoms with E-state index in [1.165, 1.54) is 24.0 Å². The number of hydrogen-bond acceptors (Lipinski definition) is 3. The van der Waals surface area contributed by atoms with Crippen LogP contribution < -0.4 is 5.56 Å². The Hall–Kier alpha value is -2.66. The van der Waals surface area contributed by atoms with Gasteiger partial charge >= 0.3 is 0 Å². The van der Waals surface area contributed by atoms with Crippen molar-refractivity contribution in [2.45, 2.75) is 45.6 Å². The van der Waals surface area contributed by atoms with E-state index in [1.54, 1.807) is 23.1 Å². The van der Waals surface area contributed by atoms with Crippen LogP contribution in [0.5, 0.6) is 0 Å². The molecule has 1 N–H and O–H groups in total. The first-order valence-electron chi connectivity index (χ1n) is 10.1. The lowest BCUT2D eigenvalue weighted by Crippen LogP contribution is -2.33. The summed E-state index contributed by atoms with van der Waals surface area (Å²) in [5.41, 5.74) is 3.65. The van der Waals surface area contributed by atoms with E-state index in [4.69, 9.17) is 11.6 Å². The molecule has 5 nitrogen and oxygen atoms in total. The predicted molar refractivity (Wildman–Crippen MR) is 115 cm³/mol. The van der Waals surface area contributed by atoms with Crippen molar-refractivity contribution in [2.24, 2.45) is 0 Å². The zero-order valence-electron chi connectivity index (χ0n) is 16.5. The maximum absolute atomic E-state index is 13.2. The van der Waals surface area contributed by atoms with Gasteiger partial charge in [0.05, 0.1) is 17.4 Å². The van der Waals surface area contributed by atoms with Gasteiger partial charge in [-0.25, -0.2) is 4.98 Å². The number of nitrogens with zero attached hydrogens (tertiary/aromatic N) is 2. The second-order valence-electron chi connectivity index (χ2n) is 7.59. The smallest absolute Gasteiger partial charge is 0.258 e. The number of aryl methyl sites for hydroxylation is 2.